The first-order valence-electron chi connectivity index (χ1n) is 4.90. The van der Waals surface area contributed by atoms with Crippen LogP contribution in [0.25, 0.3) is 0 Å². The molecule has 1 unspecified atom stereocenters. The molecule has 0 spiro atoms. The summed E-state index contributed by atoms with van der Waals surface area (Å²) in [5.74, 6) is 0.850. The lowest BCUT2D eigenvalue weighted by Crippen LogP contribution is -2.10. The lowest BCUT2D eigenvalue weighted by molar-refractivity contribution is 0.428. The van der Waals surface area contributed by atoms with E-state index in [1.165, 1.54) is 32.1 Å². The first kappa shape index (κ1) is 11.4. The molecule has 11 heavy (non-hydrogen) atoms. The fraction of sp³-hybridized carbons (Fsp3) is 1.00. The highest BCUT2D eigenvalue weighted by Gasteiger charge is 2.11. The first-order valence-corrected chi connectivity index (χ1v) is 5.42. The van der Waals surface area contributed by atoms with Crippen LogP contribution in [0.3, 0.4) is 0 Å². The average molecular weight is 174 g/mol. The normalized spacial score (nSPS) is 16.4. The molecule has 0 fully saturated rings. The fourth-order valence-electron chi connectivity index (χ4n) is 1.46. The topological polar surface area (TPSA) is 0 Å². The molecule has 0 aromatic carbocycles. The Morgan fingerprint density at radius 1 is 1.09 bits per heavy atom. The van der Waals surface area contributed by atoms with Crippen molar-refractivity contribution in [3.8, 4) is 0 Å². The molecule has 0 amide bonds. The van der Waals surface area contributed by atoms with Crippen LogP contribution in [0.4, 0.5) is 0 Å². The maximum atomic E-state index is 4.50. The summed E-state index contributed by atoms with van der Waals surface area (Å²) in [4.78, 5) is 0. The van der Waals surface area contributed by atoms with Crippen molar-refractivity contribution in [3.05, 3.63) is 0 Å². The SMILES string of the molecule is CCCCC(CCC)[C@H](C)S. The lowest BCUT2D eigenvalue weighted by atomic mass is 9.94. The van der Waals surface area contributed by atoms with Crippen molar-refractivity contribution in [1.82, 2.24) is 0 Å². The molecule has 0 N–H and O–H groups in total. The Balaban J connectivity index is 3.51. The largest absolute Gasteiger partial charge is 0.176 e. The zero-order valence-electron chi connectivity index (χ0n) is 8.14. The van der Waals surface area contributed by atoms with Gasteiger partial charge in [-0.15, -0.1) is 0 Å². The molecular formula is C10H22S. The third-order valence-electron chi connectivity index (χ3n) is 2.27. The van der Waals surface area contributed by atoms with Gasteiger partial charge in [0.15, 0.2) is 0 Å². The van der Waals surface area contributed by atoms with E-state index in [1.54, 1.807) is 0 Å². The summed E-state index contributed by atoms with van der Waals surface area (Å²) in [5, 5.41) is 0.585. The van der Waals surface area contributed by atoms with Crippen LogP contribution in [0.1, 0.15) is 52.9 Å². The molecular weight excluding hydrogens is 152 g/mol. The van der Waals surface area contributed by atoms with Gasteiger partial charge in [0.1, 0.15) is 0 Å². The first-order chi connectivity index (χ1) is 5.22. The van der Waals surface area contributed by atoms with Crippen molar-refractivity contribution in [1.29, 1.82) is 0 Å². The quantitative estimate of drug-likeness (QED) is 0.580. The van der Waals surface area contributed by atoms with Gasteiger partial charge in [-0.3, -0.25) is 0 Å². The van der Waals surface area contributed by atoms with Crippen molar-refractivity contribution < 1.29 is 0 Å². The maximum Gasteiger partial charge on any atom is 0.00167 e. The van der Waals surface area contributed by atoms with Gasteiger partial charge in [-0.25, -0.2) is 0 Å². The van der Waals surface area contributed by atoms with Crippen molar-refractivity contribution in [2.45, 2.75) is 58.1 Å². The van der Waals surface area contributed by atoms with Gasteiger partial charge >= 0.3 is 0 Å². The van der Waals surface area contributed by atoms with E-state index in [0.29, 0.717) is 5.25 Å². The molecule has 0 saturated carbocycles. The Kier molecular flexibility index (Phi) is 7.25. The zero-order chi connectivity index (χ0) is 8.69. The van der Waals surface area contributed by atoms with Crippen molar-refractivity contribution in [3.63, 3.8) is 0 Å². The van der Waals surface area contributed by atoms with Crippen LogP contribution in [-0.2, 0) is 0 Å². The molecule has 0 aliphatic carbocycles. The number of hydrogen-bond acceptors (Lipinski definition) is 1. The molecule has 1 heteroatoms. The van der Waals surface area contributed by atoms with E-state index in [4.69, 9.17) is 0 Å². The second-order valence-electron chi connectivity index (χ2n) is 3.43. The average Bonchev–Trinajstić information content (AvgIpc) is 1.97. The van der Waals surface area contributed by atoms with Gasteiger partial charge in [-0.2, -0.15) is 12.6 Å². The Hall–Kier alpha value is 0.350. The highest BCUT2D eigenvalue weighted by Crippen LogP contribution is 2.21. The van der Waals surface area contributed by atoms with E-state index in [1.807, 2.05) is 0 Å². The van der Waals surface area contributed by atoms with Gasteiger partial charge in [0.05, 0.1) is 0 Å². The smallest absolute Gasteiger partial charge is 0.00167 e. The van der Waals surface area contributed by atoms with Crippen LogP contribution in [-0.4, -0.2) is 5.25 Å². The molecule has 0 aromatic heterocycles. The molecule has 0 aliphatic rings. The van der Waals surface area contributed by atoms with Crippen LogP contribution < -0.4 is 0 Å². The van der Waals surface area contributed by atoms with Crippen LogP contribution in [0, 0.1) is 5.92 Å². The summed E-state index contributed by atoms with van der Waals surface area (Å²) in [5.41, 5.74) is 0. The van der Waals surface area contributed by atoms with Crippen molar-refractivity contribution in [2.75, 3.05) is 0 Å². The van der Waals surface area contributed by atoms with Gasteiger partial charge in [-0.1, -0.05) is 40.0 Å². The summed E-state index contributed by atoms with van der Waals surface area (Å²) in [6, 6.07) is 0. The minimum absolute atomic E-state index is 0.585. The summed E-state index contributed by atoms with van der Waals surface area (Å²) < 4.78 is 0. The third kappa shape index (κ3) is 5.60. The van der Waals surface area contributed by atoms with E-state index in [9.17, 15) is 0 Å². The molecule has 0 rings (SSSR count). The molecule has 0 nitrogen and oxygen atoms in total. The Morgan fingerprint density at radius 3 is 2.09 bits per heavy atom. The minimum atomic E-state index is 0.585. The van der Waals surface area contributed by atoms with Crippen LogP contribution in [0.2, 0.25) is 0 Å². The van der Waals surface area contributed by atoms with Gasteiger partial charge in [0, 0.05) is 5.25 Å². The third-order valence-corrected chi connectivity index (χ3v) is 2.69. The number of rotatable bonds is 6. The Bertz CT molecular complexity index is 78.9. The summed E-state index contributed by atoms with van der Waals surface area (Å²) in [6.07, 6.45) is 6.72. The monoisotopic (exact) mass is 174 g/mol. The predicted molar refractivity (Wildman–Crippen MR) is 56.4 cm³/mol. The molecule has 2 atom stereocenters. The number of hydrogen-bond donors (Lipinski definition) is 1. The Morgan fingerprint density at radius 2 is 1.73 bits per heavy atom. The van der Waals surface area contributed by atoms with E-state index in [-0.39, 0.29) is 0 Å². The highest BCUT2D eigenvalue weighted by molar-refractivity contribution is 7.80. The summed E-state index contributed by atoms with van der Waals surface area (Å²) in [7, 11) is 0. The summed E-state index contributed by atoms with van der Waals surface area (Å²) >= 11 is 4.50. The van der Waals surface area contributed by atoms with Crippen molar-refractivity contribution >= 4 is 12.6 Å². The molecule has 68 valence electrons. The summed E-state index contributed by atoms with van der Waals surface area (Å²) in [6.45, 7) is 6.74. The van der Waals surface area contributed by atoms with Gasteiger partial charge in [-0.05, 0) is 18.8 Å². The molecule has 0 bridgehead atoms. The predicted octanol–water partition coefficient (Wildman–Crippen LogP) is 3.91. The molecule has 0 aliphatic heterocycles. The van der Waals surface area contributed by atoms with Gasteiger partial charge < -0.3 is 0 Å². The fourth-order valence-corrected chi connectivity index (χ4v) is 1.76. The standard InChI is InChI=1S/C10H22S/c1-4-6-8-10(7-5-2)9(3)11/h9-11H,4-8H2,1-3H3/t9-,10?/m0/s1. The van der Waals surface area contributed by atoms with Gasteiger partial charge in [0.2, 0.25) is 0 Å². The molecule has 0 radical (unpaired) electrons. The van der Waals surface area contributed by atoms with Crippen LogP contribution >= 0.6 is 12.6 Å². The highest BCUT2D eigenvalue weighted by atomic mass is 32.1. The van der Waals surface area contributed by atoms with Gasteiger partial charge in [0.25, 0.3) is 0 Å². The second-order valence-corrected chi connectivity index (χ2v) is 4.25. The van der Waals surface area contributed by atoms with E-state index < -0.39 is 0 Å². The molecule has 0 heterocycles. The maximum absolute atomic E-state index is 4.50. The van der Waals surface area contributed by atoms with Crippen LogP contribution in [0.5, 0.6) is 0 Å². The van der Waals surface area contributed by atoms with E-state index >= 15 is 0 Å². The Labute approximate surface area is 77.2 Å². The lowest BCUT2D eigenvalue weighted by Gasteiger charge is -2.18. The minimum Gasteiger partial charge on any atom is -0.176 e. The van der Waals surface area contributed by atoms with Crippen LogP contribution in [0.15, 0.2) is 0 Å². The second kappa shape index (κ2) is 7.02. The molecule has 0 saturated heterocycles. The van der Waals surface area contributed by atoms with E-state index in [0.717, 1.165) is 5.92 Å². The molecule has 0 aromatic rings. The zero-order valence-corrected chi connectivity index (χ0v) is 9.03. The number of thiol groups is 1. The van der Waals surface area contributed by atoms with E-state index in [2.05, 4.69) is 33.4 Å². The number of unbranched alkanes of at least 4 members (excludes halogenated alkanes) is 1. The van der Waals surface area contributed by atoms with Crippen molar-refractivity contribution in [2.24, 2.45) is 5.92 Å².